The van der Waals surface area contributed by atoms with Crippen LogP contribution in [0, 0.1) is 5.82 Å². The second-order valence-electron chi connectivity index (χ2n) is 4.00. The summed E-state index contributed by atoms with van der Waals surface area (Å²) in [6, 6.07) is 6.27. The zero-order chi connectivity index (χ0) is 14.4. The Bertz CT molecular complexity index is 589. The standard InChI is InChI=1S/C13H13FN2O3S/c1-18-7-10(17)6-13-15-12(16-19-13)8-20-11-4-2-3-9(14)5-11/h2-5H,6-8H2,1H3. The number of aromatic nitrogens is 2. The van der Waals surface area contributed by atoms with E-state index >= 15 is 0 Å². The number of ether oxygens (including phenoxy) is 1. The Morgan fingerprint density at radius 3 is 3.10 bits per heavy atom. The summed E-state index contributed by atoms with van der Waals surface area (Å²) < 4.78 is 22.7. The average molecular weight is 296 g/mol. The summed E-state index contributed by atoms with van der Waals surface area (Å²) in [6.07, 6.45) is 0.0610. The molecule has 0 spiro atoms. The minimum Gasteiger partial charge on any atom is -0.377 e. The number of carbonyl (C=O) groups excluding carboxylic acids is 1. The maximum atomic E-state index is 13.0. The molecule has 0 aliphatic carbocycles. The molecule has 2 rings (SSSR count). The molecule has 0 N–H and O–H groups in total. The van der Waals surface area contributed by atoms with Gasteiger partial charge in [0.2, 0.25) is 5.89 Å². The number of hydrogen-bond donors (Lipinski definition) is 0. The Balaban J connectivity index is 1.88. The zero-order valence-corrected chi connectivity index (χ0v) is 11.7. The minimum absolute atomic E-state index is 0.0236. The number of ketones is 1. The van der Waals surface area contributed by atoms with Gasteiger partial charge >= 0.3 is 0 Å². The molecule has 0 bridgehead atoms. The number of methoxy groups -OCH3 is 1. The van der Waals surface area contributed by atoms with Gasteiger partial charge in [-0.1, -0.05) is 11.2 Å². The fraction of sp³-hybridized carbons (Fsp3) is 0.308. The maximum Gasteiger partial charge on any atom is 0.234 e. The van der Waals surface area contributed by atoms with E-state index in [1.54, 1.807) is 12.1 Å². The van der Waals surface area contributed by atoms with E-state index in [1.807, 2.05) is 0 Å². The third-order valence-corrected chi connectivity index (χ3v) is 3.32. The number of thioether (sulfide) groups is 1. The lowest BCUT2D eigenvalue weighted by Crippen LogP contribution is -2.09. The zero-order valence-electron chi connectivity index (χ0n) is 10.8. The van der Waals surface area contributed by atoms with E-state index in [1.165, 1.54) is 31.0 Å². The van der Waals surface area contributed by atoms with E-state index in [0.29, 0.717) is 11.6 Å². The van der Waals surface area contributed by atoms with Crippen LogP contribution >= 0.6 is 11.8 Å². The first-order valence-corrected chi connectivity index (χ1v) is 6.86. The molecule has 2 aromatic rings. The summed E-state index contributed by atoms with van der Waals surface area (Å²) in [5, 5.41) is 3.77. The monoisotopic (exact) mass is 296 g/mol. The molecule has 1 aromatic heterocycles. The van der Waals surface area contributed by atoms with Gasteiger partial charge in [0.1, 0.15) is 12.4 Å². The number of halogens is 1. The highest BCUT2D eigenvalue weighted by Gasteiger charge is 2.11. The number of benzene rings is 1. The summed E-state index contributed by atoms with van der Waals surface area (Å²) in [5.41, 5.74) is 0. The van der Waals surface area contributed by atoms with E-state index < -0.39 is 0 Å². The van der Waals surface area contributed by atoms with Crippen molar-refractivity contribution in [2.75, 3.05) is 13.7 Å². The molecule has 20 heavy (non-hydrogen) atoms. The quantitative estimate of drug-likeness (QED) is 0.730. The largest absolute Gasteiger partial charge is 0.377 e. The van der Waals surface area contributed by atoms with Crippen molar-refractivity contribution in [3.63, 3.8) is 0 Å². The summed E-state index contributed by atoms with van der Waals surface area (Å²) in [4.78, 5) is 16.2. The first kappa shape index (κ1) is 14.7. The summed E-state index contributed by atoms with van der Waals surface area (Å²) in [5.74, 6) is 0.779. The molecule has 0 amide bonds. The van der Waals surface area contributed by atoms with Gasteiger partial charge in [-0.15, -0.1) is 11.8 Å². The normalized spacial score (nSPS) is 10.7. The molecule has 0 saturated heterocycles. The molecule has 0 fully saturated rings. The predicted molar refractivity (Wildman–Crippen MR) is 70.8 cm³/mol. The molecule has 106 valence electrons. The molecule has 1 aromatic carbocycles. The molecule has 5 nitrogen and oxygen atoms in total. The Hall–Kier alpha value is -1.73. The van der Waals surface area contributed by atoms with Gasteiger partial charge in [-0.3, -0.25) is 4.79 Å². The Morgan fingerprint density at radius 2 is 2.35 bits per heavy atom. The average Bonchev–Trinajstić information content (AvgIpc) is 2.84. The lowest BCUT2D eigenvalue weighted by molar-refractivity contribution is -0.122. The van der Waals surface area contributed by atoms with E-state index in [2.05, 4.69) is 10.1 Å². The van der Waals surface area contributed by atoms with Crippen molar-refractivity contribution in [2.24, 2.45) is 0 Å². The fourth-order valence-corrected chi connectivity index (χ4v) is 2.29. The van der Waals surface area contributed by atoms with Crippen molar-refractivity contribution < 1.29 is 18.4 Å². The van der Waals surface area contributed by atoms with Gasteiger partial charge in [-0.05, 0) is 18.2 Å². The van der Waals surface area contributed by atoms with Crippen LogP contribution in [0.2, 0.25) is 0 Å². The van der Waals surface area contributed by atoms with Crippen molar-refractivity contribution in [1.29, 1.82) is 0 Å². The number of Topliss-reactive ketones (excluding diaryl/α,β-unsaturated/α-hetero) is 1. The molecule has 1 heterocycles. The molecular weight excluding hydrogens is 283 g/mol. The molecule has 7 heteroatoms. The molecular formula is C13H13FN2O3S. The lowest BCUT2D eigenvalue weighted by Gasteiger charge is -1.97. The molecule has 0 aliphatic heterocycles. The molecule has 0 radical (unpaired) electrons. The van der Waals surface area contributed by atoms with Gasteiger partial charge in [-0.25, -0.2) is 4.39 Å². The second kappa shape index (κ2) is 7.16. The van der Waals surface area contributed by atoms with Crippen molar-refractivity contribution in [3.8, 4) is 0 Å². The highest BCUT2D eigenvalue weighted by molar-refractivity contribution is 7.98. The summed E-state index contributed by atoms with van der Waals surface area (Å²) in [7, 11) is 1.45. The van der Waals surface area contributed by atoms with Crippen LogP contribution in [0.5, 0.6) is 0 Å². The molecule has 0 aliphatic rings. The van der Waals surface area contributed by atoms with Crippen LogP contribution < -0.4 is 0 Å². The second-order valence-corrected chi connectivity index (χ2v) is 5.05. The highest BCUT2D eigenvalue weighted by Crippen LogP contribution is 2.22. The Labute approximate surface area is 119 Å². The van der Waals surface area contributed by atoms with Crippen LogP contribution in [-0.2, 0) is 21.7 Å². The van der Waals surface area contributed by atoms with Gasteiger partial charge in [-0.2, -0.15) is 4.98 Å². The number of carbonyl (C=O) groups is 1. The maximum absolute atomic E-state index is 13.0. The number of rotatable bonds is 7. The Kier molecular flexibility index (Phi) is 5.25. The number of hydrogen-bond acceptors (Lipinski definition) is 6. The fourth-order valence-electron chi connectivity index (χ4n) is 1.51. The lowest BCUT2D eigenvalue weighted by atomic mass is 10.3. The SMILES string of the molecule is COCC(=O)Cc1nc(CSc2cccc(F)c2)no1. The van der Waals surface area contributed by atoms with Gasteiger partial charge in [0.15, 0.2) is 11.6 Å². The number of nitrogens with zero attached hydrogens (tertiary/aromatic N) is 2. The van der Waals surface area contributed by atoms with E-state index in [4.69, 9.17) is 9.26 Å². The van der Waals surface area contributed by atoms with Crippen molar-refractivity contribution in [1.82, 2.24) is 10.1 Å². The summed E-state index contributed by atoms with van der Waals surface area (Å²) >= 11 is 1.40. The molecule has 0 atom stereocenters. The Morgan fingerprint density at radius 1 is 1.50 bits per heavy atom. The van der Waals surface area contributed by atoms with E-state index in [-0.39, 0.29) is 30.5 Å². The van der Waals surface area contributed by atoms with Crippen LogP contribution in [-0.4, -0.2) is 29.6 Å². The first-order chi connectivity index (χ1) is 9.67. The highest BCUT2D eigenvalue weighted by atomic mass is 32.2. The van der Waals surface area contributed by atoms with E-state index in [0.717, 1.165) is 4.90 Å². The van der Waals surface area contributed by atoms with Gasteiger partial charge in [0, 0.05) is 12.0 Å². The first-order valence-electron chi connectivity index (χ1n) is 5.88. The third-order valence-electron chi connectivity index (χ3n) is 2.33. The summed E-state index contributed by atoms with van der Waals surface area (Å²) in [6.45, 7) is 0.0236. The minimum atomic E-state index is -0.283. The van der Waals surface area contributed by atoms with Gasteiger partial charge in [0.25, 0.3) is 0 Å². The topological polar surface area (TPSA) is 65.2 Å². The van der Waals surface area contributed by atoms with Crippen molar-refractivity contribution >= 4 is 17.5 Å². The van der Waals surface area contributed by atoms with Crippen molar-refractivity contribution in [2.45, 2.75) is 17.1 Å². The molecule has 0 saturated carbocycles. The van der Waals surface area contributed by atoms with Crippen LogP contribution in [0.25, 0.3) is 0 Å². The van der Waals surface area contributed by atoms with Crippen LogP contribution in [0.15, 0.2) is 33.7 Å². The smallest absolute Gasteiger partial charge is 0.234 e. The van der Waals surface area contributed by atoms with E-state index in [9.17, 15) is 9.18 Å². The van der Waals surface area contributed by atoms with Crippen LogP contribution in [0.3, 0.4) is 0 Å². The third kappa shape index (κ3) is 4.43. The predicted octanol–water partition coefficient (Wildman–Crippen LogP) is 2.26. The van der Waals surface area contributed by atoms with Crippen LogP contribution in [0.4, 0.5) is 4.39 Å². The van der Waals surface area contributed by atoms with Gasteiger partial charge < -0.3 is 9.26 Å². The molecule has 0 unspecified atom stereocenters. The van der Waals surface area contributed by atoms with Crippen molar-refractivity contribution in [3.05, 3.63) is 41.8 Å². The van der Waals surface area contributed by atoms with Gasteiger partial charge in [0.05, 0.1) is 12.2 Å². The van der Waals surface area contributed by atoms with Crippen LogP contribution in [0.1, 0.15) is 11.7 Å².